The predicted octanol–water partition coefficient (Wildman–Crippen LogP) is 5.06. The Kier molecular flexibility index (Phi) is 4.22. The number of anilines is 1. The fraction of sp³-hybridized carbons (Fsp3) is 0.0476. The monoisotopic (exact) mass is 404 g/mol. The summed E-state index contributed by atoms with van der Waals surface area (Å²) in [5.74, 6) is -0.00405. The van der Waals surface area contributed by atoms with Crippen LogP contribution in [0.5, 0.6) is 0 Å². The van der Waals surface area contributed by atoms with Crippen LogP contribution in [0.25, 0.3) is 33.3 Å². The first kappa shape index (κ1) is 17.2. The smallest absolute Gasteiger partial charge is 0.234 e. The second-order valence-corrected chi connectivity index (χ2v) is 7.67. The number of carbonyl (C=O) groups excluding carboxylic acids is 1. The molecular formula is C21H13ClN4OS. The molecule has 5 nitrogen and oxygen atoms in total. The summed E-state index contributed by atoms with van der Waals surface area (Å²) >= 11 is 7.32. The van der Waals surface area contributed by atoms with Crippen LogP contribution in [-0.2, 0) is 4.79 Å². The average Bonchev–Trinajstić information content (AvgIpc) is 3.04. The lowest BCUT2D eigenvalue weighted by atomic mass is 10.0. The van der Waals surface area contributed by atoms with Gasteiger partial charge in [-0.3, -0.25) is 4.79 Å². The molecule has 5 rings (SSSR count). The summed E-state index contributed by atoms with van der Waals surface area (Å²) < 4.78 is 0. The molecular weight excluding hydrogens is 392 g/mol. The van der Waals surface area contributed by atoms with Crippen LogP contribution in [0.2, 0.25) is 5.02 Å². The van der Waals surface area contributed by atoms with Gasteiger partial charge in [0, 0.05) is 16.5 Å². The lowest BCUT2D eigenvalue weighted by molar-refractivity contribution is -0.113. The molecule has 0 bridgehead atoms. The molecule has 0 fully saturated rings. The van der Waals surface area contributed by atoms with Crippen LogP contribution >= 0.6 is 23.4 Å². The topological polar surface area (TPSA) is 67.8 Å². The first-order valence-corrected chi connectivity index (χ1v) is 10.0. The van der Waals surface area contributed by atoms with Crippen LogP contribution < -0.4 is 5.32 Å². The van der Waals surface area contributed by atoms with Crippen LogP contribution in [0.15, 0.2) is 65.8 Å². The summed E-state index contributed by atoms with van der Waals surface area (Å²) in [6.45, 7) is 0. The molecule has 3 aromatic carbocycles. The van der Waals surface area contributed by atoms with Gasteiger partial charge in [-0.25, -0.2) is 4.98 Å². The molecule has 1 aromatic heterocycles. The molecule has 0 spiro atoms. The summed E-state index contributed by atoms with van der Waals surface area (Å²) in [7, 11) is 0. The Balaban J connectivity index is 1.37. The van der Waals surface area contributed by atoms with E-state index in [2.05, 4.69) is 32.6 Å². The second kappa shape index (κ2) is 6.89. The highest BCUT2D eigenvalue weighted by molar-refractivity contribution is 7.99. The van der Waals surface area contributed by atoms with Crippen LogP contribution in [-0.4, -0.2) is 26.8 Å². The number of hydrogen-bond donors (Lipinski definition) is 1. The van der Waals surface area contributed by atoms with Crippen molar-refractivity contribution in [3.8, 4) is 22.5 Å². The highest BCUT2D eigenvalue weighted by atomic mass is 35.5. The molecule has 0 radical (unpaired) electrons. The van der Waals surface area contributed by atoms with E-state index in [-0.39, 0.29) is 11.7 Å². The van der Waals surface area contributed by atoms with E-state index in [1.165, 1.54) is 11.8 Å². The fourth-order valence-electron chi connectivity index (χ4n) is 3.36. The van der Waals surface area contributed by atoms with E-state index in [0.717, 1.165) is 33.3 Å². The zero-order chi connectivity index (χ0) is 19.1. The van der Waals surface area contributed by atoms with Crippen molar-refractivity contribution in [3.63, 3.8) is 0 Å². The Morgan fingerprint density at radius 2 is 1.68 bits per heavy atom. The summed E-state index contributed by atoms with van der Waals surface area (Å²) in [6.07, 6.45) is 0. The minimum atomic E-state index is -0.174. The third kappa shape index (κ3) is 2.91. The molecule has 1 amide bonds. The van der Waals surface area contributed by atoms with E-state index in [4.69, 9.17) is 11.6 Å². The first-order chi connectivity index (χ1) is 13.7. The van der Waals surface area contributed by atoms with Crippen molar-refractivity contribution in [2.45, 2.75) is 5.16 Å². The van der Waals surface area contributed by atoms with E-state index in [9.17, 15) is 4.79 Å². The Morgan fingerprint density at radius 3 is 2.46 bits per heavy atom. The molecule has 0 saturated heterocycles. The molecule has 0 atom stereocenters. The lowest BCUT2D eigenvalue weighted by Gasteiger charge is -2.06. The van der Waals surface area contributed by atoms with Gasteiger partial charge in [-0.2, -0.15) is 0 Å². The maximum absolute atomic E-state index is 12.2. The number of nitrogens with one attached hydrogen (secondary N) is 1. The molecule has 1 N–H and O–H groups in total. The molecule has 136 valence electrons. The highest BCUT2D eigenvalue weighted by Crippen LogP contribution is 2.44. The second-order valence-electron chi connectivity index (χ2n) is 6.32. The molecule has 28 heavy (non-hydrogen) atoms. The number of hydrogen-bond acceptors (Lipinski definition) is 5. The van der Waals surface area contributed by atoms with Crippen molar-refractivity contribution in [3.05, 3.63) is 65.7 Å². The summed E-state index contributed by atoms with van der Waals surface area (Å²) in [5.41, 5.74) is 4.30. The Morgan fingerprint density at radius 1 is 0.929 bits per heavy atom. The number of thioether (sulfide) groups is 1. The van der Waals surface area contributed by atoms with Gasteiger partial charge < -0.3 is 5.32 Å². The minimum Gasteiger partial charge on any atom is -0.324 e. The number of benzene rings is 3. The van der Waals surface area contributed by atoms with Crippen molar-refractivity contribution >= 4 is 45.7 Å². The van der Waals surface area contributed by atoms with Gasteiger partial charge in [0.25, 0.3) is 0 Å². The Bertz CT molecular complexity index is 1240. The van der Waals surface area contributed by atoms with Crippen molar-refractivity contribution < 1.29 is 4.79 Å². The van der Waals surface area contributed by atoms with Crippen LogP contribution in [0.1, 0.15) is 0 Å². The molecule has 0 aliphatic heterocycles. The van der Waals surface area contributed by atoms with Crippen LogP contribution in [0.3, 0.4) is 0 Å². The number of aromatic nitrogens is 3. The zero-order valence-electron chi connectivity index (χ0n) is 14.5. The number of carbonyl (C=O) groups is 1. The number of halogens is 1. The normalized spacial score (nSPS) is 11.5. The van der Waals surface area contributed by atoms with E-state index < -0.39 is 0 Å². The van der Waals surface area contributed by atoms with E-state index in [1.807, 2.05) is 36.4 Å². The Hall–Kier alpha value is -2.96. The molecule has 0 unspecified atom stereocenters. The number of amides is 1. The van der Waals surface area contributed by atoms with Gasteiger partial charge in [0.15, 0.2) is 0 Å². The van der Waals surface area contributed by atoms with Crippen molar-refractivity contribution in [1.29, 1.82) is 0 Å². The van der Waals surface area contributed by atoms with Crippen molar-refractivity contribution in [2.75, 3.05) is 11.1 Å². The van der Waals surface area contributed by atoms with Gasteiger partial charge in [-0.05, 0) is 17.5 Å². The van der Waals surface area contributed by atoms with Crippen molar-refractivity contribution in [2.24, 2.45) is 0 Å². The van der Waals surface area contributed by atoms with Gasteiger partial charge in [0.05, 0.1) is 16.5 Å². The maximum Gasteiger partial charge on any atom is 0.234 e. The predicted molar refractivity (Wildman–Crippen MR) is 113 cm³/mol. The van der Waals surface area contributed by atoms with Gasteiger partial charge in [-0.15, -0.1) is 10.2 Å². The van der Waals surface area contributed by atoms with Crippen LogP contribution in [0.4, 0.5) is 5.69 Å². The largest absolute Gasteiger partial charge is 0.324 e. The molecule has 0 saturated carbocycles. The fourth-order valence-corrected chi connectivity index (χ4v) is 4.13. The Labute approximate surface area is 170 Å². The number of rotatable bonds is 4. The quantitative estimate of drug-likeness (QED) is 0.424. The molecule has 1 heterocycles. The third-order valence-electron chi connectivity index (χ3n) is 4.56. The number of fused-ring (bicyclic) bond motifs is 3. The lowest BCUT2D eigenvalue weighted by Crippen LogP contribution is -2.14. The molecule has 7 heteroatoms. The van der Waals surface area contributed by atoms with Gasteiger partial charge in [0.1, 0.15) is 11.4 Å². The molecule has 1 aliphatic carbocycles. The van der Waals surface area contributed by atoms with E-state index in [1.54, 1.807) is 12.1 Å². The number of para-hydroxylation sites is 1. The van der Waals surface area contributed by atoms with E-state index in [0.29, 0.717) is 15.9 Å². The summed E-state index contributed by atoms with van der Waals surface area (Å²) in [5, 5.41) is 14.7. The van der Waals surface area contributed by atoms with Crippen LogP contribution in [0, 0.1) is 0 Å². The minimum absolute atomic E-state index is 0.169. The average molecular weight is 405 g/mol. The summed E-state index contributed by atoms with van der Waals surface area (Å²) in [6, 6.07) is 19.4. The van der Waals surface area contributed by atoms with Crippen molar-refractivity contribution in [1.82, 2.24) is 15.2 Å². The van der Waals surface area contributed by atoms with Gasteiger partial charge in [-0.1, -0.05) is 71.9 Å². The van der Waals surface area contributed by atoms with Gasteiger partial charge in [0.2, 0.25) is 11.1 Å². The first-order valence-electron chi connectivity index (χ1n) is 8.65. The highest BCUT2D eigenvalue weighted by Gasteiger charge is 2.25. The SMILES string of the molecule is O=C(CSc1nnc2c(n1)-c1cccc3cccc-2c13)Nc1ccccc1Cl. The zero-order valence-corrected chi connectivity index (χ0v) is 16.1. The third-order valence-corrected chi connectivity index (χ3v) is 5.73. The number of nitrogens with zero attached hydrogens (tertiary/aromatic N) is 3. The van der Waals surface area contributed by atoms with E-state index >= 15 is 0 Å². The maximum atomic E-state index is 12.2. The standard InChI is InChI=1S/C21H13ClN4OS/c22-15-9-1-2-10-16(15)23-17(27)11-28-21-24-19-13-7-3-5-12-6-4-8-14(18(12)13)20(19)25-26-21/h1-10H,11H2,(H,23,27). The van der Waals surface area contributed by atoms with Gasteiger partial charge >= 0.3 is 0 Å². The molecule has 4 aromatic rings. The molecule has 1 aliphatic rings. The summed E-state index contributed by atoms with van der Waals surface area (Å²) in [4.78, 5) is 16.9.